The Labute approximate surface area is 187 Å². The number of halogens is 4. The average molecular weight is 478 g/mol. The van der Waals surface area contributed by atoms with Crippen LogP contribution >= 0.6 is 11.6 Å². The number of sulfonamides is 1. The summed E-state index contributed by atoms with van der Waals surface area (Å²) in [6.07, 6.45) is -4.91. The van der Waals surface area contributed by atoms with E-state index in [1.807, 2.05) is 6.07 Å². The predicted octanol–water partition coefficient (Wildman–Crippen LogP) is 6.01. The van der Waals surface area contributed by atoms with Crippen LogP contribution in [0.4, 0.5) is 19.0 Å². The van der Waals surface area contributed by atoms with Gasteiger partial charge in [-0.15, -0.1) is 0 Å². The van der Waals surface area contributed by atoms with Gasteiger partial charge in [0.1, 0.15) is 5.82 Å². The van der Waals surface area contributed by atoms with Gasteiger partial charge in [-0.1, -0.05) is 60.1 Å². The maximum absolute atomic E-state index is 13.5. The molecule has 0 radical (unpaired) electrons. The van der Waals surface area contributed by atoms with Crippen LogP contribution in [-0.4, -0.2) is 18.2 Å². The van der Waals surface area contributed by atoms with Crippen molar-refractivity contribution in [2.75, 3.05) is 4.72 Å². The van der Waals surface area contributed by atoms with E-state index in [1.54, 1.807) is 54.6 Å². The Balaban J connectivity index is 1.83. The van der Waals surface area contributed by atoms with Crippen LogP contribution in [0, 0.1) is 0 Å². The molecule has 5 nitrogen and oxygen atoms in total. The van der Waals surface area contributed by atoms with E-state index in [0.717, 1.165) is 12.1 Å². The fourth-order valence-corrected chi connectivity index (χ4v) is 4.53. The van der Waals surface area contributed by atoms with E-state index >= 15 is 0 Å². The highest BCUT2D eigenvalue weighted by atomic mass is 35.5. The molecule has 0 atom stereocenters. The lowest BCUT2D eigenvalue weighted by Gasteiger charge is -2.15. The Morgan fingerprint density at radius 1 is 0.875 bits per heavy atom. The molecule has 164 valence electrons. The number of aromatic nitrogens is 2. The van der Waals surface area contributed by atoms with Crippen LogP contribution in [0.3, 0.4) is 0 Å². The zero-order valence-corrected chi connectivity index (χ0v) is 17.8. The average Bonchev–Trinajstić information content (AvgIpc) is 3.17. The van der Waals surface area contributed by atoms with Crippen molar-refractivity contribution in [3.05, 3.63) is 95.5 Å². The van der Waals surface area contributed by atoms with Crippen LogP contribution < -0.4 is 4.72 Å². The molecule has 10 heteroatoms. The van der Waals surface area contributed by atoms with Crippen molar-refractivity contribution < 1.29 is 21.6 Å². The Kier molecular flexibility index (Phi) is 5.70. The topological polar surface area (TPSA) is 64.0 Å². The van der Waals surface area contributed by atoms with Crippen LogP contribution in [0.2, 0.25) is 5.02 Å². The summed E-state index contributed by atoms with van der Waals surface area (Å²) in [7, 11) is -4.63. The van der Waals surface area contributed by atoms with E-state index in [1.165, 1.54) is 10.7 Å². The van der Waals surface area contributed by atoms with E-state index in [4.69, 9.17) is 11.6 Å². The first-order valence-electron chi connectivity index (χ1n) is 9.26. The SMILES string of the molecule is O=S(=O)(Nc1cc(-c2ccccc2)nn1-c1ccccc1)c1ccc(Cl)cc1C(F)(F)F. The van der Waals surface area contributed by atoms with E-state index in [-0.39, 0.29) is 10.8 Å². The molecular weight excluding hydrogens is 463 g/mol. The van der Waals surface area contributed by atoms with E-state index in [2.05, 4.69) is 9.82 Å². The summed E-state index contributed by atoms with van der Waals surface area (Å²) in [5, 5.41) is 4.24. The first kappa shape index (κ1) is 21.9. The Morgan fingerprint density at radius 3 is 2.12 bits per heavy atom. The van der Waals surface area contributed by atoms with Crippen LogP contribution in [0.15, 0.2) is 89.8 Å². The molecule has 1 heterocycles. The van der Waals surface area contributed by atoms with Crippen LogP contribution in [0.25, 0.3) is 16.9 Å². The van der Waals surface area contributed by atoms with Gasteiger partial charge in [-0.3, -0.25) is 4.72 Å². The lowest BCUT2D eigenvalue weighted by atomic mass is 10.2. The summed E-state index contributed by atoms with van der Waals surface area (Å²) < 4.78 is 70.1. The summed E-state index contributed by atoms with van der Waals surface area (Å²) in [4.78, 5) is -0.934. The van der Waals surface area contributed by atoms with E-state index in [0.29, 0.717) is 23.0 Å². The van der Waals surface area contributed by atoms with Crippen molar-refractivity contribution in [2.24, 2.45) is 0 Å². The van der Waals surface area contributed by atoms with Crippen molar-refractivity contribution in [2.45, 2.75) is 11.1 Å². The zero-order chi connectivity index (χ0) is 22.9. The van der Waals surface area contributed by atoms with Gasteiger partial charge in [0.25, 0.3) is 10.0 Å². The van der Waals surface area contributed by atoms with Gasteiger partial charge < -0.3 is 0 Å². The number of benzene rings is 3. The van der Waals surface area contributed by atoms with Gasteiger partial charge in [0.05, 0.1) is 21.8 Å². The fraction of sp³-hybridized carbons (Fsp3) is 0.0455. The minimum Gasteiger partial charge on any atom is -0.263 e. The number of rotatable bonds is 5. The summed E-state index contributed by atoms with van der Waals surface area (Å²) >= 11 is 5.68. The van der Waals surface area contributed by atoms with E-state index < -0.39 is 26.7 Å². The molecule has 0 bridgehead atoms. The summed E-state index contributed by atoms with van der Waals surface area (Å²) in [5.74, 6) is -0.0156. The Hall–Kier alpha value is -3.30. The second kappa shape index (κ2) is 8.33. The van der Waals surface area contributed by atoms with E-state index in [9.17, 15) is 21.6 Å². The fourth-order valence-electron chi connectivity index (χ4n) is 3.12. The normalized spacial score (nSPS) is 12.0. The molecule has 1 aromatic heterocycles. The lowest BCUT2D eigenvalue weighted by molar-refractivity contribution is -0.139. The monoisotopic (exact) mass is 477 g/mol. The highest BCUT2D eigenvalue weighted by Crippen LogP contribution is 2.37. The maximum Gasteiger partial charge on any atom is 0.417 e. The molecule has 0 spiro atoms. The summed E-state index contributed by atoms with van der Waals surface area (Å²) in [6, 6.07) is 21.6. The first-order valence-corrected chi connectivity index (χ1v) is 11.1. The highest BCUT2D eigenvalue weighted by molar-refractivity contribution is 7.92. The zero-order valence-electron chi connectivity index (χ0n) is 16.2. The third-order valence-electron chi connectivity index (χ3n) is 4.56. The molecule has 3 aromatic carbocycles. The molecule has 4 aromatic rings. The number of nitrogens with one attached hydrogen (secondary N) is 1. The number of alkyl halides is 3. The molecule has 32 heavy (non-hydrogen) atoms. The molecule has 0 fully saturated rings. The second-order valence-corrected chi connectivity index (χ2v) is 8.86. The minimum absolute atomic E-state index is 0.0156. The molecule has 1 N–H and O–H groups in total. The Morgan fingerprint density at radius 2 is 1.50 bits per heavy atom. The third-order valence-corrected chi connectivity index (χ3v) is 6.20. The second-order valence-electron chi connectivity index (χ2n) is 6.77. The molecule has 0 saturated carbocycles. The van der Waals surface area contributed by atoms with Gasteiger partial charge in [0, 0.05) is 16.7 Å². The van der Waals surface area contributed by atoms with Gasteiger partial charge in [-0.05, 0) is 30.3 Å². The first-order chi connectivity index (χ1) is 15.1. The van der Waals surface area contributed by atoms with Gasteiger partial charge in [0.2, 0.25) is 0 Å². The maximum atomic E-state index is 13.5. The molecule has 0 saturated heterocycles. The standard InChI is InChI=1S/C22H15ClF3N3O2S/c23-16-11-12-20(18(13-16)22(24,25)26)32(30,31)28-21-14-19(15-7-3-1-4-8-15)27-29(21)17-9-5-2-6-10-17/h1-14,28H. The van der Waals surface area contributed by atoms with Crippen molar-refractivity contribution in [3.8, 4) is 16.9 Å². The lowest BCUT2D eigenvalue weighted by Crippen LogP contribution is -2.20. The molecule has 0 aliphatic rings. The van der Waals surface area contributed by atoms with Crippen molar-refractivity contribution >= 4 is 27.4 Å². The number of nitrogens with zero attached hydrogens (tertiary/aromatic N) is 2. The van der Waals surface area contributed by atoms with Crippen molar-refractivity contribution in [3.63, 3.8) is 0 Å². The number of hydrogen-bond donors (Lipinski definition) is 1. The molecule has 0 aliphatic carbocycles. The highest BCUT2D eigenvalue weighted by Gasteiger charge is 2.38. The van der Waals surface area contributed by atoms with Gasteiger partial charge >= 0.3 is 6.18 Å². The molecule has 0 amide bonds. The Bertz CT molecular complexity index is 1360. The van der Waals surface area contributed by atoms with Crippen LogP contribution in [0.5, 0.6) is 0 Å². The molecule has 4 rings (SSSR count). The third kappa shape index (κ3) is 4.49. The summed E-state index contributed by atoms with van der Waals surface area (Å²) in [5.41, 5.74) is 0.329. The van der Waals surface area contributed by atoms with Gasteiger partial charge in [0.15, 0.2) is 0 Å². The number of hydrogen-bond acceptors (Lipinski definition) is 3. The molecule has 0 unspecified atom stereocenters. The molecular formula is C22H15ClF3N3O2S. The van der Waals surface area contributed by atoms with Crippen LogP contribution in [0.1, 0.15) is 5.56 Å². The van der Waals surface area contributed by atoms with Gasteiger partial charge in [-0.25, -0.2) is 13.1 Å². The smallest absolute Gasteiger partial charge is 0.263 e. The van der Waals surface area contributed by atoms with Crippen molar-refractivity contribution in [1.29, 1.82) is 0 Å². The largest absolute Gasteiger partial charge is 0.417 e. The number of anilines is 1. The van der Waals surface area contributed by atoms with Crippen LogP contribution in [-0.2, 0) is 16.2 Å². The molecule has 0 aliphatic heterocycles. The number of para-hydroxylation sites is 1. The van der Waals surface area contributed by atoms with Gasteiger partial charge in [-0.2, -0.15) is 18.3 Å². The minimum atomic E-state index is -4.91. The quantitative estimate of drug-likeness (QED) is 0.382. The van der Waals surface area contributed by atoms with Crippen molar-refractivity contribution in [1.82, 2.24) is 9.78 Å². The summed E-state index contributed by atoms with van der Waals surface area (Å²) in [6.45, 7) is 0. The predicted molar refractivity (Wildman–Crippen MR) is 116 cm³/mol.